The predicted molar refractivity (Wildman–Crippen MR) is 78.8 cm³/mol. The second kappa shape index (κ2) is 4.95. The molecule has 0 saturated carbocycles. The highest BCUT2D eigenvalue weighted by molar-refractivity contribution is 14.1. The molecule has 0 spiro atoms. The topological polar surface area (TPSA) is 41.4 Å². The van der Waals surface area contributed by atoms with Crippen molar-refractivity contribution in [2.24, 2.45) is 4.99 Å². The summed E-state index contributed by atoms with van der Waals surface area (Å²) in [6.45, 7) is 1.97. The maximum absolute atomic E-state index is 4.47. The van der Waals surface area contributed by atoms with Crippen molar-refractivity contribution in [2.45, 2.75) is 6.92 Å². The third-order valence-corrected chi connectivity index (χ3v) is 3.04. The van der Waals surface area contributed by atoms with Crippen LogP contribution in [-0.2, 0) is 0 Å². The molecule has 0 saturated heterocycles. The molecule has 2 aromatic rings. The van der Waals surface area contributed by atoms with Gasteiger partial charge in [0.25, 0.3) is 0 Å². The van der Waals surface area contributed by atoms with E-state index in [1.54, 1.807) is 12.5 Å². The number of halogens is 1. The lowest BCUT2D eigenvalue weighted by atomic mass is 10.2. The van der Waals surface area contributed by atoms with Gasteiger partial charge in [-0.25, -0.2) is 9.98 Å². The lowest BCUT2D eigenvalue weighted by molar-refractivity contribution is 0.643. The van der Waals surface area contributed by atoms with Gasteiger partial charge in [-0.2, -0.15) is 0 Å². The van der Waals surface area contributed by atoms with E-state index in [2.05, 4.69) is 37.6 Å². The first-order chi connectivity index (χ1) is 8.09. The molecule has 5 heteroatoms. The van der Waals surface area contributed by atoms with Crippen LogP contribution in [0.1, 0.15) is 5.69 Å². The lowest BCUT2D eigenvalue weighted by Gasteiger charge is -2.07. The Labute approximate surface area is 114 Å². The first-order valence-electron chi connectivity index (χ1n) is 5.21. The molecule has 0 aromatic carbocycles. The fourth-order valence-electron chi connectivity index (χ4n) is 1.54. The largest absolute Gasteiger partial charge is 0.369 e. The molecule has 0 N–H and O–H groups in total. The van der Waals surface area contributed by atoms with Crippen molar-refractivity contribution >= 4 is 45.5 Å². The summed E-state index contributed by atoms with van der Waals surface area (Å²) in [5, 5.41) is 1.04. The van der Waals surface area contributed by atoms with Crippen molar-refractivity contribution in [3.05, 3.63) is 27.7 Å². The average Bonchev–Trinajstić information content (AvgIpc) is 2.28. The van der Waals surface area contributed by atoms with E-state index in [4.69, 9.17) is 0 Å². The number of nitrogens with zero attached hydrogens (tertiary/aromatic N) is 4. The molecule has 0 aliphatic carbocycles. The Morgan fingerprint density at radius 1 is 1.41 bits per heavy atom. The van der Waals surface area contributed by atoms with Gasteiger partial charge in [-0.05, 0) is 41.6 Å². The van der Waals surface area contributed by atoms with Gasteiger partial charge in [-0.15, -0.1) is 0 Å². The molecule has 2 aromatic heterocycles. The van der Waals surface area contributed by atoms with Crippen molar-refractivity contribution in [3.63, 3.8) is 0 Å². The quantitative estimate of drug-likeness (QED) is 0.365. The highest BCUT2D eigenvalue weighted by Crippen LogP contribution is 2.29. The van der Waals surface area contributed by atoms with Gasteiger partial charge >= 0.3 is 0 Å². The van der Waals surface area contributed by atoms with E-state index in [-0.39, 0.29) is 0 Å². The Hall–Kier alpha value is -1.24. The minimum Gasteiger partial charge on any atom is -0.369 e. The zero-order valence-corrected chi connectivity index (χ0v) is 12.1. The molecular weight excluding hydrogens is 327 g/mol. The van der Waals surface area contributed by atoms with Gasteiger partial charge in [0, 0.05) is 25.7 Å². The van der Waals surface area contributed by atoms with E-state index >= 15 is 0 Å². The highest BCUT2D eigenvalue weighted by atomic mass is 127. The zero-order chi connectivity index (χ0) is 12.4. The standard InChI is InChI=1S/C12H13IN4/c1-8-10-9(5-4-6-14-10)11(12(13)16-8)15-7-17(2)3/h4-7H,1-3H3/b15-7+. The Morgan fingerprint density at radius 3 is 2.88 bits per heavy atom. The maximum atomic E-state index is 4.47. The lowest BCUT2D eigenvalue weighted by Crippen LogP contribution is -2.07. The van der Waals surface area contributed by atoms with E-state index in [0.29, 0.717) is 0 Å². The normalized spacial score (nSPS) is 11.3. The molecule has 4 nitrogen and oxygen atoms in total. The molecule has 0 aliphatic rings. The summed E-state index contributed by atoms with van der Waals surface area (Å²) < 4.78 is 0.902. The van der Waals surface area contributed by atoms with Crippen molar-refractivity contribution < 1.29 is 0 Å². The summed E-state index contributed by atoms with van der Waals surface area (Å²) in [4.78, 5) is 15.2. The number of aromatic nitrogens is 2. The van der Waals surface area contributed by atoms with Crippen molar-refractivity contribution in [3.8, 4) is 0 Å². The third-order valence-electron chi connectivity index (χ3n) is 2.28. The van der Waals surface area contributed by atoms with E-state index in [9.17, 15) is 0 Å². The molecular formula is C12H13IN4. The number of rotatable bonds is 2. The number of pyridine rings is 2. The minimum absolute atomic E-state index is 0.882. The summed E-state index contributed by atoms with van der Waals surface area (Å²) in [6.07, 6.45) is 3.56. The van der Waals surface area contributed by atoms with Crippen LogP contribution >= 0.6 is 22.6 Å². The molecule has 0 radical (unpaired) electrons. The third kappa shape index (κ3) is 2.54. The van der Waals surface area contributed by atoms with Crippen LogP contribution in [0.25, 0.3) is 10.9 Å². The number of aliphatic imine (C=N–C) groups is 1. The fourth-order valence-corrected chi connectivity index (χ4v) is 2.34. The van der Waals surface area contributed by atoms with Gasteiger partial charge in [0.15, 0.2) is 0 Å². The van der Waals surface area contributed by atoms with E-state index in [0.717, 1.165) is 26.0 Å². The number of aryl methyl sites for hydroxylation is 1. The van der Waals surface area contributed by atoms with Gasteiger partial charge in [0.05, 0.1) is 17.5 Å². The average molecular weight is 340 g/mol. The van der Waals surface area contributed by atoms with Gasteiger partial charge in [-0.3, -0.25) is 4.98 Å². The fraction of sp³-hybridized carbons (Fsp3) is 0.250. The van der Waals surface area contributed by atoms with Crippen LogP contribution in [0.2, 0.25) is 0 Å². The maximum Gasteiger partial charge on any atom is 0.128 e. The smallest absolute Gasteiger partial charge is 0.128 e. The Kier molecular flexibility index (Phi) is 3.56. The van der Waals surface area contributed by atoms with Crippen LogP contribution in [0.15, 0.2) is 23.3 Å². The van der Waals surface area contributed by atoms with E-state index in [1.165, 1.54) is 0 Å². The monoisotopic (exact) mass is 340 g/mol. The molecule has 17 heavy (non-hydrogen) atoms. The minimum atomic E-state index is 0.882. The second-order valence-corrected chi connectivity index (χ2v) is 4.97. The Bertz CT molecular complexity index is 578. The van der Waals surface area contributed by atoms with Gasteiger partial charge in [-0.1, -0.05) is 0 Å². The molecule has 0 amide bonds. The Balaban J connectivity index is 2.69. The molecule has 0 bridgehead atoms. The first-order valence-corrected chi connectivity index (χ1v) is 6.29. The van der Waals surface area contributed by atoms with Crippen LogP contribution in [0.5, 0.6) is 0 Å². The van der Waals surface area contributed by atoms with Crippen molar-refractivity contribution in [1.29, 1.82) is 0 Å². The van der Waals surface area contributed by atoms with Gasteiger partial charge < -0.3 is 4.90 Å². The van der Waals surface area contributed by atoms with Crippen LogP contribution in [0.3, 0.4) is 0 Å². The van der Waals surface area contributed by atoms with Crippen molar-refractivity contribution in [2.75, 3.05) is 14.1 Å². The van der Waals surface area contributed by atoms with Crippen LogP contribution in [0, 0.1) is 10.6 Å². The Morgan fingerprint density at radius 2 is 2.18 bits per heavy atom. The van der Waals surface area contributed by atoms with Crippen LogP contribution < -0.4 is 0 Å². The number of fused-ring (bicyclic) bond motifs is 1. The molecule has 2 rings (SSSR count). The highest BCUT2D eigenvalue weighted by Gasteiger charge is 2.09. The zero-order valence-electron chi connectivity index (χ0n) is 9.98. The molecule has 0 aliphatic heterocycles. The molecule has 0 atom stereocenters. The number of hydrogen-bond acceptors (Lipinski definition) is 3. The summed E-state index contributed by atoms with van der Waals surface area (Å²) in [5.74, 6) is 0. The predicted octanol–water partition coefficient (Wildman–Crippen LogP) is 2.76. The molecule has 88 valence electrons. The molecule has 2 heterocycles. The van der Waals surface area contributed by atoms with Crippen LogP contribution in [-0.4, -0.2) is 35.3 Å². The second-order valence-electron chi connectivity index (χ2n) is 3.94. The van der Waals surface area contributed by atoms with Gasteiger partial charge in [0.2, 0.25) is 0 Å². The van der Waals surface area contributed by atoms with Gasteiger partial charge in [0.1, 0.15) is 9.39 Å². The summed E-state index contributed by atoms with van der Waals surface area (Å²) >= 11 is 2.21. The summed E-state index contributed by atoms with van der Waals surface area (Å²) in [5.41, 5.74) is 2.74. The number of hydrogen-bond donors (Lipinski definition) is 0. The molecule has 0 fully saturated rings. The first kappa shape index (κ1) is 12.2. The summed E-state index contributed by atoms with van der Waals surface area (Å²) in [6, 6.07) is 3.95. The van der Waals surface area contributed by atoms with Crippen molar-refractivity contribution in [1.82, 2.24) is 14.9 Å². The molecule has 0 unspecified atom stereocenters. The SMILES string of the molecule is Cc1nc(I)c(/N=C/N(C)C)c2cccnc12. The van der Waals surface area contributed by atoms with E-state index < -0.39 is 0 Å². The van der Waals surface area contributed by atoms with E-state index in [1.807, 2.05) is 38.1 Å². The summed E-state index contributed by atoms with van der Waals surface area (Å²) in [7, 11) is 3.89. The van der Waals surface area contributed by atoms with Crippen LogP contribution in [0.4, 0.5) is 5.69 Å².